The van der Waals surface area contributed by atoms with E-state index in [4.69, 9.17) is 0 Å². The lowest BCUT2D eigenvalue weighted by Crippen LogP contribution is -2.26. The zero-order chi connectivity index (χ0) is 18.5. The Kier molecular flexibility index (Phi) is 5.15. The van der Waals surface area contributed by atoms with Crippen LogP contribution in [0.4, 0.5) is 11.5 Å². The monoisotopic (exact) mass is 357 g/mol. The number of nitrogens with one attached hydrogen (secondary N) is 2. The highest BCUT2D eigenvalue weighted by atomic mass is 16.1. The molecule has 0 fully saturated rings. The Morgan fingerprint density at radius 1 is 0.963 bits per heavy atom. The van der Waals surface area contributed by atoms with E-state index < -0.39 is 0 Å². The fraction of sp³-hybridized carbons (Fsp3) is 0.217. The van der Waals surface area contributed by atoms with Crippen LogP contribution in [0, 0.1) is 0 Å². The summed E-state index contributed by atoms with van der Waals surface area (Å²) in [4.78, 5) is 17.0. The van der Waals surface area contributed by atoms with Gasteiger partial charge in [-0.3, -0.25) is 4.79 Å². The van der Waals surface area contributed by atoms with Gasteiger partial charge in [-0.05, 0) is 66.6 Å². The SMILES string of the molecule is O=C(NCCc1ccccc1)c1cccnc1Nc1ccc2c(c1)CCC2. The molecule has 1 amide bonds. The summed E-state index contributed by atoms with van der Waals surface area (Å²) in [7, 11) is 0. The standard InChI is InChI=1S/C23H23N3O/c27-23(25-15-13-17-6-2-1-3-7-17)21-10-5-14-24-22(21)26-20-12-11-18-8-4-9-19(18)16-20/h1-3,5-7,10-12,14,16H,4,8-9,13,15H2,(H,24,26)(H,25,27). The average Bonchev–Trinajstić information content (AvgIpc) is 3.17. The number of carbonyl (C=O) groups excluding carboxylic acids is 1. The third kappa shape index (κ3) is 4.17. The van der Waals surface area contributed by atoms with E-state index in [9.17, 15) is 4.79 Å². The third-order valence-electron chi connectivity index (χ3n) is 4.96. The van der Waals surface area contributed by atoms with Crippen molar-refractivity contribution in [1.29, 1.82) is 0 Å². The van der Waals surface area contributed by atoms with Crippen LogP contribution in [0.1, 0.15) is 33.5 Å². The summed E-state index contributed by atoms with van der Waals surface area (Å²) >= 11 is 0. The van der Waals surface area contributed by atoms with Crippen LogP contribution in [-0.4, -0.2) is 17.4 Å². The topological polar surface area (TPSA) is 54.0 Å². The van der Waals surface area contributed by atoms with Gasteiger partial charge in [0.25, 0.3) is 5.91 Å². The normalized spacial score (nSPS) is 12.4. The maximum atomic E-state index is 12.6. The van der Waals surface area contributed by atoms with Gasteiger partial charge in [-0.15, -0.1) is 0 Å². The number of carbonyl (C=O) groups is 1. The van der Waals surface area contributed by atoms with E-state index in [-0.39, 0.29) is 5.91 Å². The molecule has 1 aromatic heterocycles. The Labute approximate surface area is 159 Å². The number of rotatable bonds is 6. The lowest BCUT2D eigenvalue weighted by Gasteiger charge is -2.12. The van der Waals surface area contributed by atoms with Crippen molar-refractivity contribution in [3.8, 4) is 0 Å². The average molecular weight is 357 g/mol. The molecule has 4 rings (SSSR count). The van der Waals surface area contributed by atoms with Crippen LogP contribution in [0.3, 0.4) is 0 Å². The number of aromatic nitrogens is 1. The predicted molar refractivity (Wildman–Crippen MR) is 108 cm³/mol. The molecule has 4 nitrogen and oxygen atoms in total. The van der Waals surface area contributed by atoms with Gasteiger partial charge >= 0.3 is 0 Å². The number of fused-ring (bicyclic) bond motifs is 1. The van der Waals surface area contributed by atoms with Gasteiger partial charge in [0, 0.05) is 18.4 Å². The molecule has 136 valence electrons. The summed E-state index contributed by atoms with van der Waals surface area (Å²) in [6.45, 7) is 0.593. The van der Waals surface area contributed by atoms with Crippen molar-refractivity contribution in [3.05, 3.63) is 89.1 Å². The van der Waals surface area contributed by atoms with Gasteiger partial charge in [0.2, 0.25) is 0 Å². The summed E-state index contributed by atoms with van der Waals surface area (Å²) in [5.41, 5.74) is 5.57. The zero-order valence-corrected chi connectivity index (χ0v) is 15.2. The van der Waals surface area contributed by atoms with E-state index in [0.717, 1.165) is 24.9 Å². The fourth-order valence-electron chi connectivity index (χ4n) is 3.53. The summed E-state index contributed by atoms with van der Waals surface area (Å²) < 4.78 is 0. The van der Waals surface area contributed by atoms with Crippen molar-refractivity contribution >= 4 is 17.4 Å². The van der Waals surface area contributed by atoms with E-state index in [1.54, 1.807) is 18.3 Å². The molecule has 0 saturated heterocycles. The van der Waals surface area contributed by atoms with E-state index in [1.807, 2.05) is 18.2 Å². The number of pyridine rings is 1. The second-order valence-electron chi connectivity index (χ2n) is 6.85. The number of nitrogens with zero attached hydrogens (tertiary/aromatic N) is 1. The highest BCUT2D eigenvalue weighted by Crippen LogP contribution is 2.27. The van der Waals surface area contributed by atoms with Crippen LogP contribution in [-0.2, 0) is 19.3 Å². The van der Waals surface area contributed by atoms with Gasteiger partial charge in [-0.1, -0.05) is 36.4 Å². The summed E-state index contributed by atoms with van der Waals surface area (Å²) in [5, 5.41) is 6.32. The molecule has 0 atom stereocenters. The fourth-order valence-corrected chi connectivity index (χ4v) is 3.53. The number of benzene rings is 2. The molecule has 2 N–H and O–H groups in total. The number of aryl methyl sites for hydroxylation is 2. The smallest absolute Gasteiger partial charge is 0.255 e. The molecule has 0 aliphatic heterocycles. The van der Waals surface area contributed by atoms with Crippen molar-refractivity contribution in [2.24, 2.45) is 0 Å². The first-order valence-corrected chi connectivity index (χ1v) is 9.45. The Hall–Kier alpha value is -3.14. The summed E-state index contributed by atoms with van der Waals surface area (Å²) in [6.07, 6.45) is 6.02. The Morgan fingerprint density at radius 3 is 2.70 bits per heavy atom. The second kappa shape index (κ2) is 8.04. The van der Waals surface area contributed by atoms with Gasteiger partial charge in [0.05, 0.1) is 5.56 Å². The van der Waals surface area contributed by atoms with E-state index >= 15 is 0 Å². The lowest BCUT2D eigenvalue weighted by molar-refractivity contribution is 0.0954. The zero-order valence-electron chi connectivity index (χ0n) is 15.2. The number of hydrogen-bond acceptors (Lipinski definition) is 3. The predicted octanol–water partition coefficient (Wildman–Crippen LogP) is 4.29. The molecular weight excluding hydrogens is 334 g/mol. The first-order valence-electron chi connectivity index (χ1n) is 9.45. The maximum absolute atomic E-state index is 12.6. The Bertz CT molecular complexity index is 937. The van der Waals surface area contributed by atoms with E-state index in [1.165, 1.54) is 23.1 Å². The van der Waals surface area contributed by atoms with Crippen molar-refractivity contribution in [2.75, 3.05) is 11.9 Å². The lowest BCUT2D eigenvalue weighted by atomic mass is 10.1. The first kappa shape index (κ1) is 17.3. The minimum absolute atomic E-state index is 0.109. The van der Waals surface area contributed by atoms with Crippen LogP contribution in [0.25, 0.3) is 0 Å². The molecule has 4 heteroatoms. The Balaban J connectivity index is 1.43. The van der Waals surface area contributed by atoms with Crippen LogP contribution in [0.2, 0.25) is 0 Å². The van der Waals surface area contributed by atoms with Crippen LogP contribution in [0.5, 0.6) is 0 Å². The maximum Gasteiger partial charge on any atom is 0.255 e. The van der Waals surface area contributed by atoms with Gasteiger partial charge in [0.15, 0.2) is 0 Å². The van der Waals surface area contributed by atoms with Gasteiger partial charge in [-0.25, -0.2) is 4.98 Å². The summed E-state index contributed by atoms with van der Waals surface area (Å²) in [6, 6.07) is 20.2. The largest absolute Gasteiger partial charge is 0.352 e. The van der Waals surface area contributed by atoms with Crippen molar-refractivity contribution in [2.45, 2.75) is 25.7 Å². The summed E-state index contributed by atoms with van der Waals surface area (Å²) in [5.74, 6) is 0.482. The van der Waals surface area contributed by atoms with Crippen LogP contribution >= 0.6 is 0 Å². The molecule has 0 radical (unpaired) electrons. The molecule has 1 heterocycles. The highest BCUT2D eigenvalue weighted by Gasteiger charge is 2.14. The molecule has 0 spiro atoms. The third-order valence-corrected chi connectivity index (χ3v) is 4.96. The minimum Gasteiger partial charge on any atom is -0.352 e. The molecule has 27 heavy (non-hydrogen) atoms. The number of hydrogen-bond donors (Lipinski definition) is 2. The minimum atomic E-state index is -0.109. The molecule has 0 unspecified atom stereocenters. The van der Waals surface area contributed by atoms with Crippen LogP contribution in [0.15, 0.2) is 66.9 Å². The van der Waals surface area contributed by atoms with Gasteiger partial charge in [0.1, 0.15) is 5.82 Å². The molecule has 3 aromatic rings. The van der Waals surface area contributed by atoms with Gasteiger partial charge in [-0.2, -0.15) is 0 Å². The quantitative estimate of drug-likeness (QED) is 0.692. The molecule has 0 saturated carbocycles. The Morgan fingerprint density at radius 2 is 1.81 bits per heavy atom. The number of amides is 1. The molecular formula is C23H23N3O. The second-order valence-corrected chi connectivity index (χ2v) is 6.85. The first-order chi connectivity index (χ1) is 13.3. The van der Waals surface area contributed by atoms with E-state index in [2.05, 4.69) is 45.9 Å². The molecule has 1 aliphatic rings. The highest BCUT2D eigenvalue weighted by molar-refractivity contribution is 5.99. The van der Waals surface area contributed by atoms with Crippen LogP contribution < -0.4 is 10.6 Å². The number of anilines is 2. The van der Waals surface area contributed by atoms with Gasteiger partial charge < -0.3 is 10.6 Å². The molecule has 2 aromatic carbocycles. The van der Waals surface area contributed by atoms with Crippen molar-refractivity contribution in [1.82, 2.24) is 10.3 Å². The molecule has 1 aliphatic carbocycles. The van der Waals surface area contributed by atoms with Crippen molar-refractivity contribution in [3.63, 3.8) is 0 Å². The van der Waals surface area contributed by atoms with E-state index in [0.29, 0.717) is 17.9 Å². The van der Waals surface area contributed by atoms with Crippen molar-refractivity contribution < 1.29 is 4.79 Å². The molecule has 0 bridgehead atoms.